The van der Waals surface area contributed by atoms with Gasteiger partial charge in [0.25, 0.3) is 0 Å². The molecule has 1 aromatic heterocycles. The summed E-state index contributed by atoms with van der Waals surface area (Å²) in [5.74, 6) is 0.104. The maximum absolute atomic E-state index is 11.5. The van der Waals surface area contributed by atoms with Crippen LogP contribution in [0.5, 0.6) is 0 Å². The van der Waals surface area contributed by atoms with Crippen molar-refractivity contribution in [2.75, 3.05) is 0 Å². The van der Waals surface area contributed by atoms with Crippen molar-refractivity contribution in [2.45, 2.75) is 88.5 Å². The summed E-state index contributed by atoms with van der Waals surface area (Å²) in [6.07, 6.45) is 1.33. The molecular weight excluding hydrogens is 635 g/mol. The smallest absolute Gasteiger partial charge is 0.164 e. The maximum atomic E-state index is 11.5. The van der Waals surface area contributed by atoms with Crippen LogP contribution in [0.4, 0.5) is 0 Å². The van der Waals surface area contributed by atoms with E-state index in [0.717, 1.165) is 22.3 Å². The van der Waals surface area contributed by atoms with Crippen LogP contribution in [0, 0.1) is 37.7 Å². The molecule has 0 spiro atoms. The average Bonchev–Trinajstić information content (AvgIpc) is 2.70. The average molecular weight is 679 g/mol. The number of nitrogens with zero attached hydrogens (tertiary/aromatic N) is 1. The molecule has 4 heteroatoms. The fourth-order valence-corrected chi connectivity index (χ4v) is 3.80. The topological polar surface area (TPSA) is 50.2 Å². The number of aliphatic hydroxyl groups is 1. The van der Waals surface area contributed by atoms with Crippen molar-refractivity contribution < 1.29 is 30.0 Å². The fourth-order valence-electron chi connectivity index (χ4n) is 3.80. The molecule has 3 aromatic rings. The summed E-state index contributed by atoms with van der Waals surface area (Å²) < 4.78 is 0. The van der Waals surface area contributed by atoms with E-state index in [2.05, 4.69) is 84.0 Å². The molecule has 0 amide bonds. The third-order valence-electron chi connectivity index (χ3n) is 6.04. The van der Waals surface area contributed by atoms with Gasteiger partial charge in [0.15, 0.2) is 5.78 Å². The van der Waals surface area contributed by atoms with Crippen molar-refractivity contribution in [1.29, 1.82) is 0 Å². The van der Waals surface area contributed by atoms with Crippen LogP contribution >= 0.6 is 0 Å². The van der Waals surface area contributed by atoms with E-state index in [1.807, 2.05) is 41.5 Å². The van der Waals surface area contributed by atoms with Gasteiger partial charge >= 0.3 is 0 Å². The molecule has 0 fully saturated rings. The molecular formula is C33H44IrNO2-. The number of aromatic nitrogens is 1. The molecule has 0 saturated carbocycles. The van der Waals surface area contributed by atoms with Gasteiger partial charge in [-0.25, -0.2) is 0 Å². The monoisotopic (exact) mass is 679 g/mol. The van der Waals surface area contributed by atoms with Crippen molar-refractivity contribution in [3.05, 3.63) is 76.6 Å². The molecule has 203 valence electrons. The van der Waals surface area contributed by atoms with E-state index in [1.54, 1.807) is 0 Å². The Kier molecular flexibility index (Phi) is 10.7. The predicted molar refractivity (Wildman–Crippen MR) is 154 cm³/mol. The van der Waals surface area contributed by atoms with Gasteiger partial charge in [0.1, 0.15) is 5.76 Å². The summed E-state index contributed by atoms with van der Waals surface area (Å²) in [6, 6.07) is 16.5. The summed E-state index contributed by atoms with van der Waals surface area (Å²) in [5.41, 5.74) is 7.49. The minimum absolute atomic E-state index is 0. The molecule has 0 unspecified atom stereocenters. The van der Waals surface area contributed by atoms with E-state index in [9.17, 15) is 9.90 Å². The van der Waals surface area contributed by atoms with Crippen LogP contribution in [0.1, 0.15) is 84.6 Å². The van der Waals surface area contributed by atoms with Gasteiger partial charge in [-0.2, -0.15) is 0 Å². The first-order chi connectivity index (χ1) is 16.3. The number of benzene rings is 2. The molecule has 0 saturated heterocycles. The van der Waals surface area contributed by atoms with E-state index >= 15 is 0 Å². The van der Waals surface area contributed by atoms with Crippen LogP contribution in [-0.2, 0) is 30.3 Å². The van der Waals surface area contributed by atoms with Crippen LogP contribution in [-0.4, -0.2) is 15.9 Å². The number of pyridine rings is 1. The third kappa shape index (κ3) is 8.90. The molecule has 0 atom stereocenters. The second kappa shape index (κ2) is 12.0. The number of hydrogen-bond donors (Lipinski definition) is 1. The second-order valence-electron chi connectivity index (χ2n) is 12.9. The van der Waals surface area contributed by atoms with E-state index in [0.29, 0.717) is 0 Å². The minimum atomic E-state index is -0.417. The molecule has 3 nitrogen and oxygen atoms in total. The number of hydrogen-bond acceptors (Lipinski definition) is 3. The zero-order chi connectivity index (χ0) is 27.6. The third-order valence-corrected chi connectivity index (χ3v) is 6.04. The largest absolute Gasteiger partial charge is 0.512 e. The van der Waals surface area contributed by atoms with Gasteiger partial charge in [-0.05, 0) is 29.7 Å². The Morgan fingerprint density at radius 1 is 0.892 bits per heavy atom. The first kappa shape index (κ1) is 32.7. The number of carbonyl (C=O) groups excluding carboxylic acids is 1. The maximum Gasteiger partial charge on any atom is 0.164 e. The van der Waals surface area contributed by atoms with Gasteiger partial charge in [0, 0.05) is 42.4 Å². The Bertz CT molecular complexity index is 1260. The molecule has 0 aliphatic carbocycles. The molecule has 2 aromatic carbocycles. The van der Waals surface area contributed by atoms with Crippen molar-refractivity contribution >= 4 is 16.7 Å². The Morgan fingerprint density at radius 2 is 1.49 bits per heavy atom. The number of aryl methyl sites for hydroxylation is 3. The predicted octanol–water partition coefficient (Wildman–Crippen LogP) is 9.01. The zero-order valence-corrected chi connectivity index (χ0v) is 27.1. The summed E-state index contributed by atoms with van der Waals surface area (Å²) >= 11 is 0. The van der Waals surface area contributed by atoms with Crippen molar-refractivity contribution in [2.24, 2.45) is 10.8 Å². The Morgan fingerprint density at radius 3 is 1.97 bits per heavy atom. The molecule has 0 aliphatic heterocycles. The number of rotatable bonds is 2. The van der Waals surface area contributed by atoms with Gasteiger partial charge in [0.05, 0.1) is 5.52 Å². The van der Waals surface area contributed by atoms with E-state index in [-0.39, 0.29) is 42.5 Å². The SMILES string of the molecule is CC(C)(C)C(=O)/C=C(\O)C(C)(C)C.Cc1[c-]c(-c2nc3cccc(C(C)(C)C)c3cc2C)cc(C)c1.[Ir]. The first-order valence-electron chi connectivity index (χ1n) is 12.7. The summed E-state index contributed by atoms with van der Waals surface area (Å²) in [4.78, 5) is 16.5. The standard InChI is InChI=1S/C22H24N.C11H20O2.Ir/c1-14-10-15(2)12-17(11-14)21-16(3)13-18-19(22(4,5)6)8-7-9-20(18)23-21;1-10(2,3)8(12)7-9(13)11(4,5)6;/h7-11,13H,1-6H3;7,12H,1-6H3;/q-1;;/b;8-7-;. The second-order valence-corrected chi connectivity index (χ2v) is 12.9. The molecule has 1 heterocycles. The van der Waals surface area contributed by atoms with E-state index in [4.69, 9.17) is 4.98 Å². The fraction of sp³-hybridized carbons (Fsp3) is 0.455. The molecule has 0 aliphatic rings. The number of fused-ring (bicyclic) bond motifs is 1. The zero-order valence-electron chi connectivity index (χ0n) is 24.7. The Labute approximate surface area is 238 Å². The van der Waals surface area contributed by atoms with Crippen LogP contribution in [0.15, 0.2) is 48.2 Å². The van der Waals surface area contributed by atoms with Crippen molar-refractivity contribution in [1.82, 2.24) is 4.98 Å². The Hall–Kier alpha value is -2.29. The van der Waals surface area contributed by atoms with Crippen LogP contribution in [0.25, 0.3) is 22.2 Å². The van der Waals surface area contributed by atoms with Gasteiger partial charge in [-0.3, -0.25) is 9.78 Å². The van der Waals surface area contributed by atoms with Crippen molar-refractivity contribution in [3.8, 4) is 11.3 Å². The number of aliphatic hydroxyl groups excluding tert-OH is 1. The molecule has 37 heavy (non-hydrogen) atoms. The van der Waals surface area contributed by atoms with Gasteiger partial charge < -0.3 is 5.11 Å². The van der Waals surface area contributed by atoms with Gasteiger partial charge in [-0.15, -0.1) is 34.9 Å². The summed E-state index contributed by atoms with van der Waals surface area (Å²) in [7, 11) is 0. The first-order valence-corrected chi connectivity index (χ1v) is 12.7. The molecule has 1 radical (unpaired) electrons. The normalized spacial score (nSPS) is 12.5. The van der Waals surface area contributed by atoms with Gasteiger partial charge in [0.2, 0.25) is 0 Å². The molecule has 1 N–H and O–H groups in total. The number of carbonyl (C=O) groups is 1. The number of allylic oxidation sites excluding steroid dienone is 2. The Balaban J connectivity index is 0.000000423. The molecule has 0 bridgehead atoms. The van der Waals surface area contributed by atoms with E-state index in [1.165, 1.54) is 28.2 Å². The summed E-state index contributed by atoms with van der Waals surface area (Å²) in [6.45, 7) is 24.2. The van der Waals surface area contributed by atoms with Crippen LogP contribution in [0.3, 0.4) is 0 Å². The van der Waals surface area contributed by atoms with Gasteiger partial charge in [-0.1, -0.05) is 99.9 Å². The molecule has 3 rings (SSSR count). The van der Waals surface area contributed by atoms with Crippen LogP contribution in [0.2, 0.25) is 0 Å². The van der Waals surface area contributed by atoms with Crippen LogP contribution < -0.4 is 0 Å². The summed E-state index contributed by atoms with van der Waals surface area (Å²) in [5, 5.41) is 10.8. The number of ketones is 1. The quantitative estimate of drug-likeness (QED) is 0.167. The minimum Gasteiger partial charge on any atom is -0.512 e. The van der Waals surface area contributed by atoms with Crippen molar-refractivity contribution in [3.63, 3.8) is 0 Å². The van der Waals surface area contributed by atoms with E-state index < -0.39 is 5.41 Å².